The molecule has 13 heavy (non-hydrogen) atoms. The zero-order chi connectivity index (χ0) is 9.68. The number of thioether (sulfide) groups is 1. The average molecular weight is 203 g/mol. The van der Waals surface area contributed by atoms with Gasteiger partial charge in [-0.1, -0.05) is 12.8 Å². The van der Waals surface area contributed by atoms with Gasteiger partial charge in [-0.2, -0.15) is 11.8 Å². The first-order valence-electron chi connectivity index (χ1n) is 4.80. The van der Waals surface area contributed by atoms with E-state index in [1.165, 1.54) is 25.7 Å². The predicted molar refractivity (Wildman–Crippen MR) is 54.9 cm³/mol. The van der Waals surface area contributed by atoms with Gasteiger partial charge in [-0.05, 0) is 25.0 Å². The van der Waals surface area contributed by atoms with Gasteiger partial charge in [0.1, 0.15) is 6.04 Å². The smallest absolute Gasteiger partial charge is 0.320 e. The van der Waals surface area contributed by atoms with Gasteiger partial charge < -0.3 is 10.8 Å². The van der Waals surface area contributed by atoms with E-state index in [0.29, 0.717) is 6.42 Å². The van der Waals surface area contributed by atoms with Crippen molar-refractivity contribution in [2.24, 2.45) is 5.73 Å². The lowest BCUT2D eigenvalue weighted by molar-refractivity contribution is -0.138. The van der Waals surface area contributed by atoms with E-state index < -0.39 is 12.0 Å². The van der Waals surface area contributed by atoms with Crippen LogP contribution in [0.1, 0.15) is 32.1 Å². The van der Waals surface area contributed by atoms with E-state index in [2.05, 4.69) is 0 Å². The van der Waals surface area contributed by atoms with Crippen molar-refractivity contribution < 1.29 is 9.90 Å². The summed E-state index contributed by atoms with van der Waals surface area (Å²) in [6.45, 7) is 0. The second-order valence-corrected chi connectivity index (χ2v) is 4.92. The van der Waals surface area contributed by atoms with Crippen molar-refractivity contribution in [1.29, 1.82) is 0 Å². The Kier molecular flexibility index (Phi) is 4.59. The Balaban J connectivity index is 2.02. The molecule has 0 amide bonds. The van der Waals surface area contributed by atoms with Crippen molar-refractivity contribution in [2.75, 3.05) is 5.75 Å². The monoisotopic (exact) mass is 203 g/mol. The van der Waals surface area contributed by atoms with Gasteiger partial charge in [-0.3, -0.25) is 4.79 Å². The van der Waals surface area contributed by atoms with E-state index in [1.807, 2.05) is 11.8 Å². The van der Waals surface area contributed by atoms with Crippen LogP contribution in [0.3, 0.4) is 0 Å². The van der Waals surface area contributed by atoms with Gasteiger partial charge in [-0.15, -0.1) is 0 Å². The fourth-order valence-corrected chi connectivity index (χ4v) is 2.93. The molecule has 0 aromatic rings. The van der Waals surface area contributed by atoms with Crippen LogP contribution in [-0.4, -0.2) is 28.1 Å². The molecular weight excluding hydrogens is 186 g/mol. The van der Waals surface area contributed by atoms with E-state index in [9.17, 15) is 4.79 Å². The third kappa shape index (κ3) is 4.00. The van der Waals surface area contributed by atoms with Gasteiger partial charge in [0.05, 0.1) is 0 Å². The van der Waals surface area contributed by atoms with Gasteiger partial charge >= 0.3 is 5.97 Å². The highest BCUT2D eigenvalue weighted by Gasteiger charge is 2.16. The van der Waals surface area contributed by atoms with Crippen molar-refractivity contribution in [3.05, 3.63) is 0 Å². The molecule has 4 heteroatoms. The number of hydrogen-bond donors (Lipinski definition) is 2. The maximum absolute atomic E-state index is 10.4. The largest absolute Gasteiger partial charge is 0.480 e. The summed E-state index contributed by atoms with van der Waals surface area (Å²) in [5.41, 5.74) is 5.39. The highest BCUT2D eigenvalue weighted by molar-refractivity contribution is 7.99. The number of nitrogens with two attached hydrogens (primary N) is 1. The van der Waals surface area contributed by atoms with Crippen molar-refractivity contribution in [3.63, 3.8) is 0 Å². The molecule has 0 saturated heterocycles. The standard InChI is InChI=1S/C9H17NO2S/c10-8(9(11)12)5-6-13-7-3-1-2-4-7/h7-8H,1-6,10H2,(H,11,12). The van der Waals surface area contributed by atoms with Crippen LogP contribution >= 0.6 is 11.8 Å². The molecule has 0 aliphatic heterocycles. The van der Waals surface area contributed by atoms with Crippen LogP contribution in [-0.2, 0) is 4.79 Å². The van der Waals surface area contributed by atoms with E-state index in [-0.39, 0.29) is 0 Å². The maximum Gasteiger partial charge on any atom is 0.320 e. The van der Waals surface area contributed by atoms with Gasteiger partial charge in [0.15, 0.2) is 0 Å². The molecule has 1 aliphatic carbocycles. The van der Waals surface area contributed by atoms with Crippen molar-refractivity contribution >= 4 is 17.7 Å². The molecule has 1 unspecified atom stereocenters. The first-order valence-corrected chi connectivity index (χ1v) is 5.85. The van der Waals surface area contributed by atoms with E-state index in [1.54, 1.807) is 0 Å². The summed E-state index contributed by atoms with van der Waals surface area (Å²) in [4.78, 5) is 10.4. The molecule has 0 aromatic carbocycles. The summed E-state index contributed by atoms with van der Waals surface area (Å²) in [6.07, 6.45) is 5.86. The number of hydrogen-bond acceptors (Lipinski definition) is 3. The SMILES string of the molecule is NC(CCSC1CCCC1)C(=O)O. The molecule has 1 rings (SSSR count). The summed E-state index contributed by atoms with van der Waals surface area (Å²) in [5, 5.41) is 9.30. The summed E-state index contributed by atoms with van der Waals surface area (Å²) in [5.74, 6) is 0.00465. The fourth-order valence-electron chi connectivity index (χ4n) is 1.54. The van der Waals surface area contributed by atoms with Crippen LogP contribution in [0.5, 0.6) is 0 Å². The number of carboxylic acid groups (broad SMARTS) is 1. The Morgan fingerprint density at radius 1 is 1.54 bits per heavy atom. The minimum atomic E-state index is -0.882. The molecule has 1 atom stereocenters. The maximum atomic E-state index is 10.4. The van der Waals surface area contributed by atoms with Crippen LogP contribution in [0.15, 0.2) is 0 Å². The highest BCUT2D eigenvalue weighted by atomic mass is 32.2. The molecule has 0 radical (unpaired) electrons. The molecule has 1 fully saturated rings. The summed E-state index contributed by atoms with van der Waals surface area (Å²) in [7, 11) is 0. The average Bonchev–Trinajstić information content (AvgIpc) is 2.56. The molecule has 3 nitrogen and oxygen atoms in total. The normalized spacial score (nSPS) is 20.4. The molecule has 76 valence electrons. The van der Waals surface area contributed by atoms with Gasteiger partial charge in [0.25, 0.3) is 0 Å². The Morgan fingerprint density at radius 3 is 2.69 bits per heavy atom. The molecule has 0 heterocycles. The first-order chi connectivity index (χ1) is 6.20. The topological polar surface area (TPSA) is 63.3 Å². The highest BCUT2D eigenvalue weighted by Crippen LogP contribution is 2.29. The lowest BCUT2D eigenvalue weighted by atomic mass is 10.2. The summed E-state index contributed by atoms with van der Waals surface area (Å²) >= 11 is 1.89. The van der Waals surface area contributed by atoms with Gasteiger partial charge in [0, 0.05) is 5.25 Å². The zero-order valence-electron chi connectivity index (χ0n) is 7.74. The van der Waals surface area contributed by atoms with Crippen LogP contribution in [0, 0.1) is 0 Å². The molecule has 0 aromatic heterocycles. The number of carbonyl (C=O) groups is 1. The lowest BCUT2D eigenvalue weighted by Gasteiger charge is -2.09. The van der Waals surface area contributed by atoms with Crippen LogP contribution in [0.4, 0.5) is 0 Å². The quantitative estimate of drug-likeness (QED) is 0.710. The Labute approximate surface area is 83.1 Å². The van der Waals surface area contributed by atoms with Crippen LogP contribution in [0.2, 0.25) is 0 Å². The van der Waals surface area contributed by atoms with E-state index in [0.717, 1.165) is 11.0 Å². The second kappa shape index (κ2) is 5.50. The Hall–Kier alpha value is -0.220. The Bertz CT molecular complexity index is 169. The third-order valence-electron chi connectivity index (χ3n) is 2.40. The number of aliphatic carboxylic acids is 1. The summed E-state index contributed by atoms with van der Waals surface area (Å²) in [6, 6.07) is -0.672. The third-order valence-corrected chi connectivity index (χ3v) is 3.82. The van der Waals surface area contributed by atoms with Crippen molar-refractivity contribution in [3.8, 4) is 0 Å². The van der Waals surface area contributed by atoms with E-state index in [4.69, 9.17) is 10.8 Å². The minimum absolute atomic E-state index is 0.594. The number of carboxylic acids is 1. The second-order valence-electron chi connectivity index (χ2n) is 3.51. The molecular formula is C9H17NO2S. The molecule has 0 bridgehead atoms. The summed E-state index contributed by atoms with van der Waals surface area (Å²) < 4.78 is 0. The zero-order valence-corrected chi connectivity index (χ0v) is 8.55. The lowest BCUT2D eigenvalue weighted by Crippen LogP contribution is -2.30. The minimum Gasteiger partial charge on any atom is -0.480 e. The fraction of sp³-hybridized carbons (Fsp3) is 0.889. The predicted octanol–water partition coefficient (Wildman–Crippen LogP) is 1.46. The van der Waals surface area contributed by atoms with Crippen molar-refractivity contribution in [1.82, 2.24) is 0 Å². The van der Waals surface area contributed by atoms with E-state index >= 15 is 0 Å². The van der Waals surface area contributed by atoms with Crippen molar-refractivity contribution in [2.45, 2.75) is 43.4 Å². The molecule has 0 spiro atoms. The number of rotatable bonds is 5. The molecule has 3 N–H and O–H groups in total. The molecule has 1 aliphatic rings. The van der Waals surface area contributed by atoms with Crippen LogP contribution in [0.25, 0.3) is 0 Å². The van der Waals surface area contributed by atoms with Crippen LogP contribution < -0.4 is 5.73 Å². The Morgan fingerprint density at radius 2 is 2.15 bits per heavy atom. The molecule has 1 saturated carbocycles. The first kappa shape index (κ1) is 10.9. The van der Waals surface area contributed by atoms with Gasteiger partial charge in [0.2, 0.25) is 0 Å². The van der Waals surface area contributed by atoms with Gasteiger partial charge in [-0.25, -0.2) is 0 Å².